The molecule has 1 amide bonds. The standard InChI is InChI=1S/C14H15ClN4OS/c1-10-16-14(21-17-10)19-7-5-18(6-8-19)13(20)11-3-2-4-12(15)9-11/h2-4,9H,5-8H2,1H3. The van der Waals surface area contributed by atoms with Crippen molar-refractivity contribution in [2.24, 2.45) is 0 Å². The van der Waals surface area contributed by atoms with Crippen LogP contribution in [0.15, 0.2) is 24.3 Å². The molecular weight excluding hydrogens is 308 g/mol. The average Bonchev–Trinajstić information content (AvgIpc) is 2.93. The first-order valence-electron chi connectivity index (χ1n) is 6.73. The van der Waals surface area contributed by atoms with E-state index in [1.165, 1.54) is 11.5 Å². The number of hydrogen-bond donors (Lipinski definition) is 0. The maximum atomic E-state index is 12.4. The highest BCUT2D eigenvalue weighted by molar-refractivity contribution is 7.09. The molecule has 1 aliphatic heterocycles. The SMILES string of the molecule is Cc1nsc(N2CCN(C(=O)c3cccc(Cl)c3)CC2)n1. The molecule has 0 radical (unpaired) electrons. The van der Waals surface area contributed by atoms with Crippen LogP contribution in [0.2, 0.25) is 5.02 Å². The Morgan fingerprint density at radius 3 is 2.67 bits per heavy atom. The second-order valence-electron chi connectivity index (χ2n) is 4.91. The second kappa shape index (κ2) is 5.99. The van der Waals surface area contributed by atoms with Crippen LogP contribution >= 0.6 is 23.1 Å². The summed E-state index contributed by atoms with van der Waals surface area (Å²) in [7, 11) is 0. The number of halogens is 1. The smallest absolute Gasteiger partial charge is 0.254 e. The van der Waals surface area contributed by atoms with Gasteiger partial charge >= 0.3 is 0 Å². The number of nitrogens with zero attached hydrogens (tertiary/aromatic N) is 4. The molecule has 1 fully saturated rings. The van der Waals surface area contributed by atoms with E-state index < -0.39 is 0 Å². The van der Waals surface area contributed by atoms with Gasteiger partial charge in [-0.15, -0.1) is 0 Å². The molecule has 3 rings (SSSR count). The molecule has 2 heterocycles. The van der Waals surface area contributed by atoms with Crippen molar-refractivity contribution in [3.05, 3.63) is 40.7 Å². The van der Waals surface area contributed by atoms with Gasteiger partial charge in [0, 0.05) is 48.3 Å². The van der Waals surface area contributed by atoms with Crippen LogP contribution < -0.4 is 4.90 Å². The zero-order valence-corrected chi connectivity index (χ0v) is 13.2. The van der Waals surface area contributed by atoms with Crippen LogP contribution in [0.3, 0.4) is 0 Å². The van der Waals surface area contributed by atoms with Gasteiger partial charge in [-0.1, -0.05) is 17.7 Å². The molecule has 0 aliphatic carbocycles. The Hall–Kier alpha value is -1.66. The van der Waals surface area contributed by atoms with E-state index in [9.17, 15) is 4.79 Å². The predicted molar refractivity (Wildman–Crippen MR) is 84.2 cm³/mol. The molecule has 0 saturated carbocycles. The van der Waals surface area contributed by atoms with Gasteiger partial charge in [-0.2, -0.15) is 4.37 Å². The third-order valence-electron chi connectivity index (χ3n) is 3.43. The van der Waals surface area contributed by atoms with Crippen molar-refractivity contribution in [1.29, 1.82) is 0 Å². The summed E-state index contributed by atoms with van der Waals surface area (Å²) in [5.74, 6) is 0.832. The number of anilines is 1. The van der Waals surface area contributed by atoms with E-state index in [4.69, 9.17) is 11.6 Å². The van der Waals surface area contributed by atoms with Crippen molar-refractivity contribution in [3.8, 4) is 0 Å². The van der Waals surface area contributed by atoms with Gasteiger partial charge in [0.15, 0.2) is 0 Å². The molecule has 1 aromatic carbocycles. The highest BCUT2D eigenvalue weighted by Crippen LogP contribution is 2.20. The topological polar surface area (TPSA) is 49.3 Å². The minimum absolute atomic E-state index is 0.0330. The van der Waals surface area contributed by atoms with Gasteiger partial charge in [-0.05, 0) is 25.1 Å². The minimum Gasteiger partial charge on any atom is -0.343 e. The largest absolute Gasteiger partial charge is 0.343 e. The number of rotatable bonds is 2. The molecular formula is C14H15ClN4OS. The van der Waals surface area contributed by atoms with Crippen molar-refractivity contribution < 1.29 is 4.79 Å². The quantitative estimate of drug-likeness (QED) is 0.852. The molecule has 5 nitrogen and oxygen atoms in total. The Morgan fingerprint density at radius 2 is 2.05 bits per heavy atom. The second-order valence-corrected chi connectivity index (χ2v) is 6.08. The highest BCUT2D eigenvalue weighted by atomic mass is 35.5. The van der Waals surface area contributed by atoms with Crippen molar-refractivity contribution in [2.75, 3.05) is 31.1 Å². The zero-order chi connectivity index (χ0) is 14.8. The molecule has 21 heavy (non-hydrogen) atoms. The van der Waals surface area contributed by atoms with E-state index in [2.05, 4.69) is 14.3 Å². The molecule has 0 atom stereocenters. The molecule has 1 aliphatic rings. The maximum Gasteiger partial charge on any atom is 0.254 e. The van der Waals surface area contributed by atoms with Crippen LogP contribution in [0.4, 0.5) is 5.13 Å². The van der Waals surface area contributed by atoms with Crippen molar-refractivity contribution in [1.82, 2.24) is 14.3 Å². The number of amides is 1. The lowest BCUT2D eigenvalue weighted by Crippen LogP contribution is -2.48. The van der Waals surface area contributed by atoms with Crippen LogP contribution in [0, 0.1) is 6.92 Å². The number of piperazine rings is 1. The number of carbonyl (C=O) groups is 1. The maximum absolute atomic E-state index is 12.4. The first kappa shape index (κ1) is 14.3. The summed E-state index contributed by atoms with van der Waals surface area (Å²) in [5, 5.41) is 1.52. The van der Waals surface area contributed by atoms with E-state index in [0.29, 0.717) is 23.7 Å². The van der Waals surface area contributed by atoms with Gasteiger partial charge in [0.2, 0.25) is 5.13 Å². The predicted octanol–water partition coefficient (Wildman–Crippen LogP) is 2.46. The lowest BCUT2D eigenvalue weighted by molar-refractivity contribution is 0.0747. The molecule has 110 valence electrons. The van der Waals surface area contributed by atoms with Gasteiger partial charge in [0.05, 0.1) is 0 Å². The Labute approximate surface area is 132 Å². The normalized spacial score (nSPS) is 15.3. The Kier molecular flexibility index (Phi) is 4.07. The molecule has 0 bridgehead atoms. The summed E-state index contributed by atoms with van der Waals surface area (Å²) in [5.41, 5.74) is 0.641. The molecule has 0 spiro atoms. The molecule has 1 saturated heterocycles. The summed E-state index contributed by atoms with van der Waals surface area (Å²) in [6.07, 6.45) is 0. The number of carbonyl (C=O) groups excluding carboxylic acids is 1. The van der Waals surface area contributed by atoms with Crippen molar-refractivity contribution >= 4 is 34.2 Å². The summed E-state index contributed by atoms with van der Waals surface area (Å²) in [4.78, 5) is 20.8. The molecule has 2 aromatic rings. The van der Waals surface area contributed by atoms with E-state index in [0.717, 1.165) is 24.0 Å². The number of benzene rings is 1. The Bertz CT molecular complexity index is 652. The fourth-order valence-electron chi connectivity index (χ4n) is 2.32. The van der Waals surface area contributed by atoms with Gasteiger partial charge in [0.25, 0.3) is 5.91 Å². The molecule has 7 heteroatoms. The number of aromatic nitrogens is 2. The molecule has 0 unspecified atom stereocenters. The monoisotopic (exact) mass is 322 g/mol. The zero-order valence-electron chi connectivity index (χ0n) is 11.6. The van der Waals surface area contributed by atoms with Crippen LogP contribution in [0.5, 0.6) is 0 Å². The van der Waals surface area contributed by atoms with Gasteiger partial charge in [0.1, 0.15) is 5.82 Å². The van der Waals surface area contributed by atoms with E-state index in [1.54, 1.807) is 24.3 Å². The fourth-order valence-corrected chi connectivity index (χ4v) is 3.24. The van der Waals surface area contributed by atoms with E-state index in [1.807, 2.05) is 11.8 Å². The van der Waals surface area contributed by atoms with Crippen LogP contribution in [0.1, 0.15) is 16.2 Å². The van der Waals surface area contributed by atoms with Gasteiger partial charge in [-0.3, -0.25) is 4.79 Å². The first-order chi connectivity index (χ1) is 10.1. The number of hydrogen-bond acceptors (Lipinski definition) is 5. The first-order valence-corrected chi connectivity index (χ1v) is 7.89. The van der Waals surface area contributed by atoms with E-state index in [-0.39, 0.29) is 5.91 Å². The summed E-state index contributed by atoms with van der Waals surface area (Å²) >= 11 is 7.35. The summed E-state index contributed by atoms with van der Waals surface area (Å²) < 4.78 is 4.20. The average molecular weight is 323 g/mol. The minimum atomic E-state index is 0.0330. The van der Waals surface area contributed by atoms with E-state index >= 15 is 0 Å². The Morgan fingerprint density at radius 1 is 1.29 bits per heavy atom. The Balaban J connectivity index is 1.64. The van der Waals surface area contributed by atoms with Crippen molar-refractivity contribution in [3.63, 3.8) is 0 Å². The third kappa shape index (κ3) is 3.16. The number of aryl methyl sites for hydroxylation is 1. The summed E-state index contributed by atoms with van der Waals surface area (Å²) in [6.45, 7) is 4.81. The fraction of sp³-hybridized carbons (Fsp3) is 0.357. The molecule has 0 N–H and O–H groups in total. The lowest BCUT2D eigenvalue weighted by atomic mass is 10.2. The van der Waals surface area contributed by atoms with Crippen LogP contribution in [-0.2, 0) is 0 Å². The van der Waals surface area contributed by atoms with Crippen LogP contribution in [0.25, 0.3) is 0 Å². The van der Waals surface area contributed by atoms with Gasteiger partial charge < -0.3 is 9.80 Å². The summed E-state index contributed by atoms with van der Waals surface area (Å²) in [6, 6.07) is 7.09. The van der Waals surface area contributed by atoms with Crippen molar-refractivity contribution in [2.45, 2.75) is 6.92 Å². The lowest BCUT2D eigenvalue weighted by Gasteiger charge is -2.34. The molecule has 1 aromatic heterocycles. The van der Waals surface area contributed by atoms with Crippen LogP contribution in [-0.4, -0.2) is 46.3 Å². The van der Waals surface area contributed by atoms with Gasteiger partial charge in [-0.25, -0.2) is 4.98 Å². The highest BCUT2D eigenvalue weighted by Gasteiger charge is 2.23. The third-order valence-corrected chi connectivity index (χ3v) is 4.53.